The van der Waals surface area contributed by atoms with E-state index in [0.29, 0.717) is 31.1 Å². The fourth-order valence-electron chi connectivity index (χ4n) is 5.21. The number of H-pyrrole nitrogens is 1. The summed E-state index contributed by atoms with van der Waals surface area (Å²) in [6.45, 7) is 7.50. The molecular weight excluding hydrogens is 480 g/mol. The highest BCUT2D eigenvalue weighted by molar-refractivity contribution is 6.31. The van der Waals surface area contributed by atoms with Gasteiger partial charge in [-0.05, 0) is 54.3 Å². The average Bonchev–Trinajstić information content (AvgIpc) is 3.26. The van der Waals surface area contributed by atoms with Gasteiger partial charge in [0.25, 0.3) is 0 Å². The molecule has 0 spiro atoms. The third-order valence-corrected chi connectivity index (χ3v) is 7.24. The molecule has 192 valence electrons. The van der Waals surface area contributed by atoms with Gasteiger partial charge in [-0.2, -0.15) is 0 Å². The van der Waals surface area contributed by atoms with Gasteiger partial charge in [0.05, 0.1) is 19.8 Å². The third kappa shape index (κ3) is 5.23. The molecule has 1 fully saturated rings. The second-order valence-corrected chi connectivity index (χ2v) is 9.67. The van der Waals surface area contributed by atoms with Gasteiger partial charge < -0.3 is 19.6 Å². The Labute approximate surface area is 216 Å². The summed E-state index contributed by atoms with van der Waals surface area (Å²) < 4.78 is 10.8. The van der Waals surface area contributed by atoms with Crippen LogP contribution in [0.1, 0.15) is 41.6 Å². The van der Waals surface area contributed by atoms with Gasteiger partial charge in [0.1, 0.15) is 12.3 Å². The Morgan fingerprint density at radius 2 is 2.08 bits per heavy atom. The predicted octanol–water partition coefficient (Wildman–Crippen LogP) is 3.84. The lowest BCUT2D eigenvalue weighted by Gasteiger charge is -2.35. The van der Waals surface area contributed by atoms with Gasteiger partial charge >= 0.3 is 6.09 Å². The van der Waals surface area contributed by atoms with Gasteiger partial charge in [0.15, 0.2) is 0 Å². The molecule has 3 N–H and O–H groups in total. The molecule has 5 rings (SSSR count). The SMILES string of the molecule is CCOC(=O)N1CCc2c([nH]c3ccc(Cl)cc23)C1c1cccc(C(O)NCCN2CCOCC2)c1. The fourth-order valence-corrected chi connectivity index (χ4v) is 5.38. The molecule has 36 heavy (non-hydrogen) atoms. The third-order valence-electron chi connectivity index (χ3n) is 7.00. The van der Waals surface area contributed by atoms with Gasteiger partial charge in [0.2, 0.25) is 0 Å². The first-order chi connectivity index (χ1) is 17.5. The van der Waals surface area contributed by atoms with Crippen LogP contribution in [0.2, 0.25) is 5.02 Å². The number of carbonyl (C=O) groups is 1. The van der Waals surface area contributed by atoms with Crippen molar-refractivity contribution in [1.82, 2.24) is 20.1 Å². The van der Waals surface area contributed by atoms with Gasteiger partial charge in [-0.3, -0.25) is 15.1 Å². The molecule has 2 aliphatic rings. The molecule has 0 saturated carbocycles. The van der Waals surface area contributed by atoms with E-state index in [1.54, 1.807) is 4.90 Å². The van der Waals surface area contributed by atoms with Crippen molar-refractivity contribution in [3.63, 3.8) is 0 Å². The molecule has 1 saturated heterocycles. The maximum Gasteiger partial charge on any atom is 0.410 e. The van der Waals surface area contributed by atoms with Crippen molar-refractivity contribution in [1.29, 1.82) is 0 Å². The van der Waals surface area contributed by atoms with E-state index in [1.807, 2.05) is 49.4 Å². The van der Waals surface area contributed by atoms with Crippen LogP contribution in [0.4, 0.5) is 4.79 Å². The summed E-state index contributed by atoms with van der Waals surface area (Å²) >= 11 is 6.30. The zero-order valence-corrected chi connectivity index (χ0v) is 21.3. The topological polar surface area (TPSA) is 90.1 Å². The molecule has 3 heterocycles. The number of ether oxygens (including phenoxy) is 2. The van der Waals surface area contributed by atoms with E-state index in [1.165, 1.54) is 0 Å². The van der Waals surface area contributed by atoms with Crippen molar-refractivity contribution in [2.24, 2.45) is 0 Å². The van der Waals surface area contributed by atoms with Crippen LogP contribution >= 0.6 is 11.6 Å². The number of morpholine rings is 1. The van der Waals surface area contributed by atoms with Gasteiger partial charge in [-0.15, -0.1) is 0 Å². The molecular formula is C27H33ClN4O4. The smallest absolute Gasteiger partial charge is 0.410 e. The molecule has 2 aliphatic heterocycles. The largest absolute Gasteiger partial charge is 0.450 e. The van der Waals surface area contributed by atoms with Crippen molar-refractivity contribution in [3.05, 3.63) is 69.9 Å². The quantitative estimate of drug-likeness (QED) is 0.417. The minimum absolute atomic E-state index is 0.309. The summed E-state index contributed by atoms with van der Waals surface area (Å²) in [5, 5.41) is 15.9. The highest BCUT2D eigenvalue weighted by Crippen LogP contribution is 2.39. The van der Waals surface area contributed by atoms with Crippen molar-refractivity contribution in [2.75, 3.05) is 52.5 Å². The van der Waals surface area contributed by atoms with Crippen molar-refractivity contribution >= 4 is 28.6 Å². The molecule has 1 aromatic heterocycles. The van der Waals surface area contributed by atoms with Crippen LogP contribution in [0, 0.1) is 0 Å². The zero-order valence-electron chi connectivity index (χ0n) is 20.5. The summed E-state index contributed by atoms with van der Waals surface area (Å²) in [5.41, 5.74) is 4.77. The van der Waals surface area contributed by atoms with Crippen molar-refractivity contribution < 1.29 is 19.4 Å². The number of benzene rings is 2. The molecule has 0 radical (unpaired) electrons. The first-order valence-electron chi connectivity index (χ1n) is 12.6. The molecule has 2 aromatic carbocycles. The van der Waals surface area contributed by atoms with Gasteiger partial charge in [0, 0.05) is 54.3 Å². The molecule has 9 heteroatoms. The number of nitrogens with one attached hydrogen (secondary N) is 2. The molecule has 2 unspecified atom stereocenters. The van der Waals surface area contributed by atoms with Crippen LogP contribution < -0.4 is 5.32 Å². The first kappa shape index (κ1) is 25.0. The van der Waals surface area contributed by atoms with E-state index in [2.05, 4.69) is 15.2 Å². The van der Waals surface area contributed by atoms with Crippen molar-refractivity contribution in [3.8, 4) is 0 Å². The minimum atomic E-state index is -0.813. The second-order valence-electron chi connectivity index (χ2n) is 9.23. The monoisotopic (exact) mass is 512 g/mol. The molecule has 1 amide bonds. The Morgan fingerprint density at radius 3 is 2.89 bits per heavy atom. The maximum atomic E-state index is 13.0. The highest BCUT2D eigenvalue weighted by Gasteiger charge is 2.35. The number of nitrogens with zero attached hydrogens (tertiary/aromatic N) is 2. The lowest BCUT2D eigenvalue weighted by molar-refractivity contribution is 0.0356. The molecule has 3 aromatic rings. The van der Waals surface area contributed by atoms with Gasteiger partial charge in [-0.1, -0.05) is 29.8 Å². The van der Waals surface area contributed by atoms with E-state index >= 15 is 0 Å². The number of fused-ring (bicyclic) bond motifs is 3. The average molecular weight is 513 g/mol. The number of aromatic nitrogens is 1. The molecule has 2 atom stereocenters. The fraction of sp³-hybridized carbons (Fsp3) is 0.444. The van der Waals surface area contributed by atoms with Gasteiger partial charge in [-0.25, -0.2) is 4.79 Å². The number of aliphatic hydroxyl groups excluding tert-OH is 1. The van der Waals surface area contributed by atoms with Crippen LogP contribution in [0.25, 0.3) is 10.9 Å². The number of aliphatic hydroxyl groups is 1. The summed E-state index contributed by atoms with van der Waals surface area (Å²) in [4.78, 5) is 20.6. The molecule has 8 nitrogen and oxygen atoms in total. The van der Waals surface area contributed by atoms with E-state index < -0.39 is 6.23 Å². The van der Waals surface area contributed by atoms with Crippen LogP contribution in [-0.4, -0.2) is 78.5 Å². The molecule has 0 bridgehead atoms. The summed E-state index contributed by atoms with van der Waals surface area (Å²) in [5.74, 6) is 0. The van der Waals surface area contributed by atoms with Crippen LogP contribution in [0.5, 0.6) is 0 Å². The normalized spacial score (nSPS) is 19.3. The van der Waals surface area contributed by atoms with Crippen molar-refractivity contribution in [2.45, 2.75) is 25.6 Å². The number of aromatic amines is 1. The van der Waals surface area contributed by atoms with E-state index in [9.17, 15) is 9.90 Å². The first-order valence-corrected chi connectivity index (χ1v) is 13.0. The van der Waals surface area contributed by atoms with E-state index in [4.69, 9.17) is 21.1 Å². The Hall–Kier alpha value is -2.62. The standard InChI is InChI=1S/C27H33ClN4O4/c1-2-36-27(34)32-10-8-21-22-17-20(28)6-7-23(22)30-24(21)25(32)18-4-3-5-19(16-18)26(33)29-9-11-31-12-14-35-15-13-31/h3-7,16-17,25-26,29-30,33H,2,8-15H2,1H3. The Kier molecular flexibility index (Phi) is 7.79. The van der Waals surface area contributed by atoms with E-state index in [-0.39, 0.29) is 12.1 Å². The van der Waals surface area contributed by atoms with E-state index in [0.717, 1.165) is 66.1 Å². The number of carbonyl (C=O) groups excluding carboxylic acids is 1. The second kappa shape index (κ2) is 11.2. The summed E-state index contributed by atoms with van der Waals surface area (Å²) in [7, 11) is 0. The predicted molar refractivity (Wildman–Crippen MR) is 139 cm³/mol. The molecule has 0 aliphatic carbocycles. The lowest BCUT2D eigenvalue weighted by atomic mass is 9.91. The lowest BCUT2D eigenvalue weighted by Crippen LogP contribution is -2.41. The minimum Gasteiger partial charge on any atom is -0.450 e. The number of rotatable bonds is 7. The van der Waals surface area contributed by atoms with Crippen LogP contribution in [0.15, 0.2) is 42.5 Å². The summed E-state index contributed by atoms with van der Waals surface area (Å²) in [6.07, 6.45) is -0.456. The number of halogens is 1. The highest BCUT2D eigenvalue weighted by atomic mass is 35.5. The summed E-state index contributed by atoms with van der Waals surface area (Å²) in [6, 6.07) is 13.2. The van der Waals surface area contributed by atoms with Crippen LogP contribution in [0.3, 0.4) is 0 Å². The number of hydrogen-bond donors (Lipinski definition) is 3. The Bertz CT molecular complexity index is 1210. The van der Waals surface area contributed by atoms with Crippen LogP contribution in [-0.2, 0) is 15.9 Å². The number of amides is 1. The number of hydrogen-bond acceptors (Lipinski definition) is 6. The maximum absolute atomic E-state index is 13.0. The Morgan fingerprint density at radius 1 is 1.25 bits per heavy atom. The zero-order chi connectivity index (χ0) is 25.1. The Balaban J connectivity index is 1.42.